The normalized spacial score (nSPS) is 10.3. The minimum atomic E-state index is -1.06. The highest BCUT2D eigenvalue weighted by Gasteiger charge is 2.11. The minimum absolute atomic E-state index is 0.0756. The highest BCUT2D eigenvalue weighted by Crippen LogP contribution is 2.20. The van der Waals surface area contributed by atoms with Gasteiger partial charge in [-0.15, -0.1) is 0 Å². The Labute approximate surface area is 117 Å². The van der Waals surface area contributed by atoms with Gasteiger partial charge in [0.15, 0.2) is 0 Å². The molecule has 0 unspecified atom stereocenters. The van der Waals surface area contributed by atoms with Crippen molar-refractivity contribution in [3.8, 4) is 0 Å². The van der Waals surface area contributed by atoms with E-state index in [1.807, 2.05) is 13.8 Å². The fraction of sp³-hybridized carbons (Fsp3) is 0.385. The van der Waals surface area contributed by atoms with Gasteiger partial charge in [-0.25, -0.2) is 4.79 Å². The second-order valence-corrected chi connectivity index (χ2v) is 4.83. The molecule has 1 amide bonds. The number of carboxylic acid groups (broad SMARTS) is 1. The van der Waals surface area contributed by atoms with Gasteiger partial charge in [0, 0.05) is 29.7 Å². The fourth-order valence-electron chi connectivity index (χ4n) is 1.55. The highest BCUT2D eigenvalue weighted by atomic mass is 35.5. The third-order valence-electron chi connectivity index (χ3n) is 2.33. The van der Waals surface area contributed by atoms with E-state index in [2.05, 4.69) is 10.6 Å². The lowest BCUT2D eigenvalue weighted by atomic mass is 10.1. The maximum atomic E-state index is 11.4. The second-order valence-electron chi connectivity index (χ2n) is 4.39. The Hall–Kier alpha value is -1.75. The van der Waals surface area contributed by atoms with Crippen LogP contribution in [0.5, 0.6) is 0 Å². The molecule has 0 radical (unpaired) electrons. The lowest BCUT2D eigenvalue weighted by molar-refractivity contribution is -0.121. The molecule has 0 aromatic heterocycles. The number of rotatable bonds is 6. The molecule has 6 heteroatoms. The third-order valence-corrected chi connectivity index (χ3v) is 2.56. The lowest BCUT2D eigenvalue weighted by Gasteiger charge is -2.11. The van der Waals surface area contributed by atoms with Crippen LogP contribution in [0.1, 0.15) is 30.6 Å². The van der Waals surface area contributed by atoms with Gasteiger partial charge < -0.3 is 15.7 Å². The summed E-state index contributed by atoms with van der Waals surface area (Å²) in [6.45, 7) is 4.13. The van der Waals surface area contributed by atoms with Crippen LogP contribution in [-0.2, 0) is 4.79 Å². The van der Waals surface area contributed by atoms with Crippen molar-refractivity contribution in [2.45, 2.75) is 26.3 Å². The molecule has 0 spiro atoms. The Balaban J connectivity index is 2.58. The van der Waals surface area contributed by atoms with Crippen molar-refractivity contribution in [3.63, 3.8) is 0 Å². The van der Waals surface area contributed by atoms with Crippen molar-refractivity contribution in [2.75, 3.05) is 11.9 Å². The molecule has 0 saturated carbocycles. The number of hydrogen-bond acceptors (Lipinski definition) is 3. The maximum Gasteiger partial charge on any atom is 0.337 e. The second kappa shape index (κ2) is 6.99. The van der Waals surface area contributed by atoms with Crippen molar-refractivity contribution in [1.29, 1.82) is 0 Å². The van der Waals surface area contributed by atoms with E-state index in [-0.39, 0.29) is 23.9 Å². The minimum Gasteiger partial charge on any atom is -0.478 e. The molecule has 0 aliphatic heterocycles. The quantitative estimate of drug-likeness (QED) is 0.749. The molecule has 0 fully saturated rings. The molecule has 1 aromatic carbocycles. The summed E-state index contributed by atoms with van der Waals surface area (Å²) in [5, 5.41) is 15.1. The number of hydrogen-bond donors (Lipinski definition) is 3. The number of carbonyl (C=O) groups is 2. The predicted octanol–water partition coefficient (Wildman–Crippen LogP) is 2.36. The number of benzene rings is 1. The van der Waals surface area contributed by atoms with Crippen LogP contribution >= 0.6 is 11.6 Å². The largest absolute Gasteiger partial charge is 0.478 e. The summed E-state index contributed by atoms with van der Waals surface area (Å²) in [7, 11) is 0. The summed E-state index contributed by atoms with van der Waals surface area (Å²) >= 11 is 5.75. The molecule has 0 saturated heterocycles. The zero-order valence-corrected chi connectivity index (χ0v) is 11.6. The molecule has 3 N–H and O–H groups in total. The van der Waals surface area contributed by atoms with Crippen LogP contribution in [0.25, 0.3) is 0 Å². The van der Waals surface area contributed by atoms with Crippen molar-refractivity contribution in [3.05, 3.63) is 28.8 Å². The molecule has 0 aliphatic carbocycles. The molecule has 5 nitrogen and oxygen atoms in total. The number of amides is 1. The first-order valence-electron chi connectivity index (χ1n) is 5.96. The Morgan fingerprint density at radius 1 is 1.37 bits per heavy atom. The van der Waals surface area contributed by atoms with Gasteiger partial charge in [-0.3, -0.25) is 4.79 Å². The number of nitrogens with one attached hydrogen (secondary N) is 2. The molecular formula is C13H17ClN2O3. The highest BCUT2D eigenvalue weighted by molar-refractivity contribution is 6.31. The smallest absolute Gasteiger partial charge is 0.337 e. The van der Waals surface area contributed by atoms with Crippen LogP contribution in [0.15, 0.2) is 18.2 Å². The number of carbonyl (C=O) groups excluding carboxylic acids is 1. The SMILES string of the molecule is CC(C)NC(=O)CCNc1ccc(Cl)cc1C(=O)O. The summed E-state index contributed by atoms with van der Waals surface area (Å²) in [6.07, 6.45) is 0.278. The first-order chi connectivity index (χ1) is 8.90. The summed E-state index contributed by atoms with van der Waals surface area (Å²) < 4.78 is 0. The monoisotopic (exact) mass is 284 g/mol. The zero-order valence-electron chi connectivity index (χ0n) is 10.9. The topological polar surface area (TPSA) is 78.4 Å². The van der Waals surface area contributed by atoms with E-state index in [9.17, 15) is 9.59 Å². The molecule has 1 aromatic rings. The summed E-state index contributed by atoms with van der Waals surface area (Å²) in [4.78, 5) is 22.5. The predicted molar refractivity (Wildman–Crippen MR) is 74.8 cm³/mol. The van der Waals surface area contributed by atoms with Crippen molar-refractivity contribution < 1.29 is 14.7 Å². The lowest BCUT2D eigenvalue weighted by Crippen LogP contribution is -2.31. The summed E-state index contributed by atoms with van der Waals surface area (Å²) in [5.74, 6) is -1.13. The number of aromatic carboxylic acids is 1. The standard InChI is InChI=1S/C13H17ClN2O3/c1-8(2)16-12(17)5-6-15-11-4-3-9(14)7-10(11)13(18)19/h3-4,7-8,15H,5-6H2,1-2H3,(H,16,17)(H,18,19). The van der Waals surface area contributed by atoms with Gasteiger partial charge in [-0.05, 0) is 32.0 Å². The Morgan fingerprint density at radius 2 is 2.05 bits per heavy atom. The molecule has 0 atom stereocenters. The van der Waals surface area contributed by atoms with E-state index in [4.69, 9.17) is 16.7 Å². The first kappa shape index (κ1) is 15.3. The van der Waals surface area contributed by atoms with Crippen molar-refractivity contribution in [1.82, 2.24) is 5.32 Å². The average Bonchev–Trinajstić information content (AvgIpc) is 2.29. The Bertz CT molecular complexity index is 475. The van der Waals surface area contributed by atoms with Gasteiger partial charge in [0.25, 0.3) is 0 Å². The van der Waals surface area contributed by atoms with Gasteiger partial charge in [0.1, 0.15) is 0 Å². The van der Waals surface area contributed by atoms with Crippen molar-refractivity contribution >= 4 is 29.2 Å². The van der Waals surface area contributed by atoms with E-state index in [0.29, 0.717) is 17.3 Å². The number of anilines is 1. The number of carboxylic acids is 1. The maximum absolute atomic E-state index is 11.4. The third kappa shape index (κ3) is 5.18. The van der Waals surface area contributed by atoms with Crippen LogP contribution in [0.4, 0.5) is 5.69 Å². The molecular weight excluding hydrogens is 268 g/mol. The molecule has 104 valence electrons. The molecule has 19 heavy (non-hydrogen) atoms. The van der Waals surface area contributed by atoms with Gasteiger partial charge in [-0.2, -0.15) is 0 Å². The van der Waals surface area contributed by atoms with Crippen LogP contribution in [-0.4, -0.2) is 29.6 Å². The zero-order chi connectivity index (χ0) is 14.4. The van der Waals surface area contributed by atoms with Gasteiger partial charge in [0.05, 0.1) is 5.56 Å². The summed E-state index contributed by atoms with van der Waals surface area (Å²) in [6, 6.07) is 4.66. The van der Waals surface area contributed by atoms with E-state index in [1.165, 1.54) is 6.07 Å². The molecule has 1 rings (SSSR count). The van der Waals surface area contributed by atoms with Crippen molar-refractivity contribution in [2.24, 2.45) is 0 Å². The molecule has 0 heterocycles. The van der Waals surface area contributed by atoms with Crippen LogP contribution < -0.4 is 10.6 Å². The van der Waals surface area contributed by atoms with Crippen LogP contribution in [0, 0.1) is 0 Å². The van der Waals surface area contributed by atoms with E-state index in [1.54, 1.807) is 12.1 Å². The van der Waals surface area contributed by atoms with Gasteiger partial charge in [0.2, 0.25) is 5.91 Å². The fourth-order valence-corrected chi connectivity index (χ4v) is 1.72. The van der Waals surface area contributed by atoms with Gasteiger partial charge >= 0.3 is 5.97 Å². The Morgan fingerprint density at radius 3 is 2.63 bits per heavy atom. The number of halogens is 1. The molecule has 0 aliphatic rings. The average molecular weight is 285 g/mol. The van der Waals surface area contributed by atoms with Gasteiger partial charge in [-0.1, -0.05) is 11.6 Å². The van der Waals surface area contributed by atoms with Crippen LogP contribution in [0.3, 0.4) is 0 Å². The van der Waals surface area contributed by atoms with Crippen LogP contribution in [0.2, 0.25) is 5.02 Å². The summed E-state index contributed by atoms with van der Waals surface area (Å²) in [5.41, 5.74) is 0.547. The van der Waals surface area contributed by atoms with E-state index >= 15 is 0 Å². The molecule has 0 bridgehead atoms. The Kier molecular flexibility index (Phi) is 5.63. The first-order valence-corrected chi connectivity index (χ1v) is 6.34. The van der Waals surface area contributed by atoms with E-state index in [0.717, 1.165) is 0 Å². The van der Waals surface area contributed by atoms with E-state index < -0.39 is 5.97 Å².